The van der Waals surface area contributed by atoms with E-state index in [2.05, 4.69) is 33.5 Å². The average Bonchev–Trinajstić information content (AvgIpc) is 2.66. The van der Waals surface area contributed by atoms with Crippen LogP contribution in [0.5, 0.6) is 0 Å². The first-order chi connectivity index (χ1) is 12.3. The molecule has 1 aromatic heterocycles. The van der Waals surface area contributed by atoms with Gasteiger partial charge in [0.2, 0.25) is 5.91 Å². The molecular formula is C20H19N3OS. The number of nitrogens with one attached hydrogen (secondary N) is 1. The van der Waals surface area contributed by atoms with Crippen LogP contribution in [-0.2, 0) is 11.2 Å². The Morgan fingerprint density at radius 1 is 1.12 bits per heavy atom. The second kappa shape index (κ2) is 7.23. The summed E-state index contributed by atoms with van der Waals surface area (Å²) in [4.78, 5) is 21.1. The Hall–Kier alpha value is -2.40. The zero-order valence-corrected chi connectivity index (χ0v) is 14.6. The van der Waals surface area contributed by atoms with Gasteiger partial charge in [0.25, 0.3) is 0 Å². The minimum atomic E-state index is 0.0504. The predicted molar refractivity (Wildman–Crippen MR) is 101 cm³/mol. The first-order valence-corrected chi connectivity index (χ1v) is 9.49. The number of aryl methyl sites for hydroxylation is 1. The number of nitrogens with zero attached hydrogens (tertiary/aromatic N) is 2. The molecule has 1 amide bonds. The first-order valence-electron chi connectivity index (χ1n) is 8.51. The minimum Gasteiger partial charge on any atom is -0.349 e. The van der Waals surface area contributed by atoms with E-state index >= 15 is 0 Å². The molecule has 0 saturated heterocycles. The van der Waals surface area contributed by atoms with Crippen molar-refractivity contribution in [2.24, 2.45) is 0 Å². The largest absolute Gasteiger partial charge is 0.349 e. The lowest BCUT2D eigenvalue weighted by molar-refractivity contribution is -0.119. The highest BCUT2D eigenvalue weighted by molar-refractivity contribution is 8.00. The number of carbonyl (C=O) groups excluding carboxylic acids is 1. The third-order valence-electron chi connectivity index (χ3n) is 4.55. The van der Waals surface area contributed by atoms with Gasteiger partial charge < -0.3 is 5.32 Å². The topological polar surface area (TPSA) is 54.9 Å². The number of para-hydroxylation sites is 1. The lowest BCUT2D eigenvalue weighted by Gasteiger charge is -2.26. The zero-order chi connectivity index (χ0) is 17.1. The molecule has 0 bridgehead atoms. The molecule has 0 aliphatic heterocycles. The van der Waals surface area contributed by atoms with Gasteiger partial charge in [-0.15, -0.1) is 0 Å². The number of carbonyl (C=O) groups is 1. The van der Waals surface area contributed by atoms with Gasteiger partial charge in [-0.1, -0.05) is 54.2 Å². The molecule has 1 aliphatic rings. The fraction of sp³-hybridized carbons (Fsp3) is 0.250. The Morgan fingerprint density at radius 2 is 1.96 bits per heavy atom. The van der Waals surface area contributed by atoms with Crippen molar-refractivity contribution in [3.8, 4) is 0 Å². The molecule has 0 spiro atoms. The highest BCUT2D eigenvalue weighted by Gasteiger charge is 2.21. The van der Waals surface area contributed by atoms with Crippen molar-refractivity contribution in [3.63, 3.8) is 0 Å². The molecule has 126 valence electrons. The van der Waals surface area contributed by atoms with Crippen molar-refractivity contribution >= 4 is 28.6 Å². The molecule has 1 N–H and O–H groups in total. The van der Waals surface area contributed by atoms with E-state index in [0.717, 1.165) is 35.2 Å². The van der Waals surface area contributed by atoms with Crippen molar-refractivity contribution in [1.82, 2.24) is 15.3 Å². The molecule has 0 saturated carbocycles. The Morgan fingerprint density at radius 3 is 2.92 bits per heavy atom. The number of fused-ring (bicyclic) bond motifs is 2. The van der Waals surface area contributed by atoms with Crippen LogP contribution in [0.1, 0.15) is 30.0 Å². The molecule has 2 aromatic carbocycles. The summed E-state index contributed by atoms with van der Waals surface area (Å²) in [5.41, 5.74) is 3.52. The summed E-state index contributed by atoms with van der Waals surface area (Å²) in [7, 11) is 0. The van der Waals surface area contributed by atoms with Crippen molar-refractivity contribution in [2.75, 3.05) is 5.75 Å². The summed E-state index contributed by atoms with van der Waals surface area (Å²) in [5.74, 6) is 0.411. The van der Waals surface area contributed by atoms with Crippen LogP contribution in [0.15, 0.2) is 59.9 Å². The van der Waals surface area contributed by atoms with Gasteiger partial charge in [-0.3, -0.25) is 4.79 Å². The van der Waals surface area contributed by atoms with Gasteiger partial charge in [0.05, 0.1) is 17.3 Å². The summed E-state index contributed by atoms with van der Waals surface area (Å²) in [5, 5.41) is 5.03. The van der Waals surface area contributed by atoms with E-state index in [1.807, 2.05) is 30.3 Å². The normalized spacial score (nSPS) is 16.4. The van der Waals surface area contributed by atoms with Crippen molar-refractivity contribution < 1.29 is 4.79 Å². The third kappa shape index (κ3) is 3.51. The lowest BCUT2D eigenvalue weighted by Crippen LogP contribution is -2.32. The number of hydrogen-bond acceptors (Lipinski definition) is 4. The standard InChI is InChI=1S/C20H19N3OS/c24-19(23-18-11-5-7-14-6-1-2-8-15(14)18)12-25-20-16-9-3-4-10-17(16)21-13-22-20/h1-4,6,8-10,13,18H,5,7,11-12H2,(H,23,24)/t18-/m0/s1. The Bertz CT molecular complexity index is 907. The van der Waals surface area contributed by atoms with Crippen LogP contribution >= 0.6 is 11.8 Å². The van der Waals surface area contributed by atoms with Crippen LogP contribution < -0.4 is 5.32 Å². The number of benzene rings is 2. The van der Waals surface area contributed by atoms with Gasteiger partial charge in [0, 0.05) is 5.39 Å². The van der Waals surface area contributed by atoms with E-state index in [1.54, 1.807) is 6.33 Å². The Balaban J connectivity index is 1.43. The molecule has 0 fully saturated rings. The lowest BCUT2D eigenvalue weighted by atomic mass is 9.88. The van der Waals surface area contributed by atoms with Crippen LogP contribution in [0.4, 0.5) is 0 Å². The molecule has 4 rings (SSSR count). The van der Waals surface area contributed by atoms with Gasteiger partial charge in [0.15, 0.2) is 0 Å². The number of thioether (sulfide) groups is 1. The molecule has 1 heterocycles. The van der Waals surface area contributed by atoms with Gasteiger partial charge in [0.1, 0.15) is 11.4 Å². The molecule has 0 unspecified atom stereocenters. The summed E-state index contributed by atoms with van der Waals surface area (Å²) in [6.07, 6.45) is 4.78. The van der Waals surface area contributed by atoms with E-state index in [1.165, 1.54) is 22.9 Å². The van der Waals surface area contributed by atoms with Gasteiger partial charge in [-0.05, 0) is 36.5 Å². The fourth-order valence-corrected chi connectivity index (χ4v) is 4.17. The maximum Gasteiger partial charge on any atom is 0.230 e. The van der Waals surface area contributed by atoms with Gasteiger partial charge in [-0.2, -0.15) is 0 Å². The molecule has 3 aromatic rings. The van der Waals surface area contributed by atoms with E-state index < -0.39 is 0 Å². The number of aromatic nitrogens is 2. The summed E-state index contributed by atoms with van der Waals surface area (Å²) in [6.45, 7) is 0. The Labute approximate surface area is 151 Å². The smallest absolute Gasteiger partial charge is 0.230 e. The maximum absolute atomic E-state index is 12.5. The molecule has 0 radical (unpaired) electrons. The molecule has 25 heavy (non-hydrogen) atoms. The quantitative estimate of drug-likeness (QED) is 0.573. The van der Waals surface area contributed by atoms with Crippen LogP contribution in [0.2, 0.25) is 0 Å². The van der Waals surface area contributed by atoms with E-state index in [0.29, 0.717) is 5.75 Å². The van der Waals surface area contributed by atoms with Crippen LogP contribution in [0, 0.1) is 0 Å². The van der Waals surface area contributed by atoms with E-state index in [-0.39, 0.29) is 11.9 Å². The van der Waals surface area contributed by atoms with Gasteiger partial charge in [-0.25, -0.2) is 9.97 Å². The first kappa shape index (κ1) is 16.1. The summed E-state index contributed by atoms with van der Waals surface area (Å²) < 4.78 is 0. The van der Waals surface area contributed by atoms with Crippen LogP contribution in [0.25, 0.3) is 10.9 Å². The maximum atomic E-state index is 12.5. The van der Waals surface area contributed by atoms with E-state index in [4.69, 9.17) is 0 Å². The highest BCUT2D eigenvalue weighted by Crippen LogP contribution is 2.30. The minimum absolute atomic E-state index is 0.0504. The van der Waals surface area contributed by atoms with Crippen LogP contribution in [0.3, 0.4) is 0 Å². The van der Waals surface area contributed by atoms with Gasteiger partial charge >= 0.3 is 0 Å². The van der Waals surface area contributed by atoms with Crippen molar-refractivity contribution in [1.29, 1.82) is 0 Å². The molecule has 1 atom stereocenters. The number of hydrogen-bond donors (Lipinski definition) is 1. The number of rotatable bonds is 4. The summed E-state index contributed by atoms with van der Waals surface area (Å²) in [6, 6.07) is 16.4. The fourth-order valence-electron chi connectivity index (χ4n) is 3.37. The predicted octanol–water partition coefficient (Wildman–Crippen LogP) is 3.92. The van der Waals surface area contributed by atoms with E-state index in [9.17, 15) is 4.79 Å². The molecule has 4 nitrogen and oxygen atoms in total. The second-order valence-electron chi connectivity index (χ2n) is 6.20. The monoisotopic (exact) mass is 349 g/mol. The Kier molecular flexibility index (Phi) is 4.65. The summed E-state index contributed by atoms with van der Waals surface area (Å²) >= 11 is 1.46. The third-order valence-corrected chi connectivity index (χ3v) is 5.56. The molecule has 1 aliphatic carbocycles. The number of amides is 1. The molecule has 5 heteroatoms. The molecular weight excluding hydrogens is 330 g/mol. The van der Waals surface area contributed by atoms with Crippen molar-refractivity contribution in [3.05, 3.63) is 66.0 Å². The van der Waals surface area contributed by atoms with Crippen molar-refractivity contribution in [2.45, 2.75) is 30.3 Å². The highest BCUT2D eigenvalue weighted by atomic mass is 32.2. The zero-order valence-electron chi connectivity index (χ0n) is 13.8. The van der Waals surface area contributed by atoms with Crippen LogP contribution in [-0.4, -0.2) is 21.6 Å². The average molecular weight is 349 g/mol. The second-order valence-corrected chi connectivity index (χ2v) is 7.16. The SMILES string of the molecule is O=C(CSc1ncnc2ccccc12)N[C@H]1CCCc2ccccc21.